The fourth-order valence-electron chi connectivity index (χ4n) is 10.5. The molecule has 0 unspecified atom stereocenters. The standard InChI is InChI=1S/C63H69N5O6/c1-3-62(42-73-43-62)40-71-34-18-8-16-32-69-38-46-26-29-54-52(36-46)51-28-31-56-57(58(51)68(54)61-65-59(48-20-10-5-11-21-48)64-60(66-61)49-22-12-6-13-23-49)53-37-47(27-30-55(53)67(56)50-24-14-7-15-25-50)39-70-33-17-9-19-35-72-41-63(4-2)44-74-45-63/h5-7,10-15,20-31,36-37H,3-4,8-9,16-19,32-35,38-45H2,1-2H3. The number of hydrogen-bond donors (Lipinski definition) is 0. The zero-order chi connectivity index (χ0) is 50.2. The lowest BCUT2D eigenvalue weighted by Crippen LogP contribution is -2.45. The molecule has 6 aromatic carbocycles. The average Bonchev–Trinajstić information content (AvgIpc) is 3.96. The maximum Gasteiger partial charge on any atom is 0.238 e. The smallest absolute Gasteiger partial charge is 0.238 e. The van der Waals surface area contributed by atoms with Crippen LogP contribution in [0.25, 0.3) is 78.0 Å². The van der Waals surface area contributed by atoms with Crippen molar-refractivity contribution in [1.82, 2.24) is 24.1 Å². The molecule has 0 bridgehead atoms. The van der Waals surface area contributed by atoms with Crippen LogP contribution in [-0.4, -0.2) is 90.2 Å². The predicted octanol–water partition coefficient (Wildman–Crippen LogP) is 13.7. The average molecular weight is 992 g/mol. The normalized spacial score (nSPS) is 15.1. The van der Waals surface area contributed by atoms with Crippen LogP contribution in [0.1, 0.15) is 76.3 Å². The summed E-state index contributed by atoms with van der Waals surface area (Å²) in [6, 6.07) is 49.1. The SMILES string of the molecule is CCC1(COCCCCCOCc2ccc3c(c2)c2c(ccc4c5cc(COCCCCCOCC6(CC)COC6)ccc5n(-c5nc(-c6ccccc6)nc(-c6ccccc6)n5)c42)n3-c2ccccc2)COC1. The molecule has 5 heterocycles. The molecule has 2 saturated heterocycles. The van der Waals surface area contributed by atoms with Crippen molar-refractivity contribution < 1.29 is 28.4 Å². The first kappa shape index (κ1) is 49.9. The van der Waals surface area contributed by atoms with Gasteiger partial charge in [0.1, 0.15) is 0 Å². The largest absolute Gasteiger partial charge is 0.381 e. The molecular formula is C63H69N5O6. The van der Waals surface area contributed by atoms with Crippen molar-refractivity contribution in [2.45, 2.75) is 78.4 Å². The Morgan fingerprint density at radius 3 is 1.43 bits per heavy atom. The van der Waals surface area contributed by atoms with Crippen molar-refractivity contribution in [2.24, 2.45) is 10.8 Å². The lowest BCUT2D eigenvalue weighted by atomic mass is 9.84. The highest BCUT2D eigenvalue weighted by Gasteiger charge is 2.37. The molecule has 9 aromatic rings. The summed E-state index contributed by atoms with van der Waals surface area (Å²) in [4.78, 5) is 15.8. The molecule has 0 radical (unpaired) electrons. The van der Waals surface area contributed by atoms with Crippen LogP contribution in [0.3, 0.4) is 0 Å². The number of rotatable bonds is 26. The van der Waals surface area contributed by atoms with E-state index in [0.717, 1.165) is 176 Å². The van der Waals surface area contributed by atoms with E-state index in [0.29, 0.717) is 44.0 Å². The first-order valence-corrected chi connectivity index (χ1v) is 27.0. The molecule has 11 rings (SSSR count). The molecule has 0 N–H and O–H groups in total. The van der Waals surface area contributed by atoms with Gasteiger partial charge in [-0.05, 0) is 105 Å². The number of fused-ring (bicyclic) bond motifs is 7. The van der Waals surface area contributed by atoms with Gasteiger partial charge in [-0.25, -0.2) is 4.98 Å². The Morgan fingerprint density at radius 1 is 0.459 bits per heavy atom. The van der Waals surface area contributed by atoms with E-state index >= 15 is 0 Å². The Labute approximate surface area is 434 Å². The lowest BCUT2D eigenvalue weighted by molar-refractivity contribution is -0.150. The Bertz CT molecular complexity index is 3220. The van der Waals surface area contributed by atoms with Crippen molar-refractivity contribution in [3.05, 3.63) is 151 Å². The molecular weight excluding hydrogens is 923 g/mol. The van der Waals surface area contributed by atoms with Gasteiger partial charge >= 0.3 is 0 Å². The van der Waals surface area contributed by atoms with Gasteiger partial charge in [0.2, 0.25) is 5.95 Å². The van der Waals surface area contributed by atoms with E-state index < -0.39 is 0 Å². The van der Waals surface area contributed by atoms with Gasteiger partial charge in [-0.3, -0.25) is 4.57 Å². The van der Waals surface area contributed by atoms with Gasteiger partial charge in [-0.15, -0.1) is 0 Å². The quantitative estimate of drug-likeness (QED) is 0.0491. The Kier molecular flexibility index (Phi) is 15.5. The van der Waals surface area contributed by atoms with Gasteiger partial charge < -0.3 is 33.0 Å². The van der Waals surface area contributed by atoms with Gasteiger partial charge in [0.25, 0.3) is 0 Å². The molecule has 0 aliphatic carbocycles. The van der Waals surface area contributed by atoms with Gasteiger partial charge in [-0.2, -0.15) is 9.97 Å². The van der Waals surface area contributed by atoms with Crippen molar-refractivity contribution in [3.63, 3.8) is 0 Å². The second-order valence-corrected chi connectivity index (χ2v) is 20.6. The third kappa shape index (κ3) is 10.6. The minimum atomic E-state index is 0.226. The highest BCUT2D eigenvalue weighted by Crippen LogP contribution is 2.43. The molecule has 2 fully saturated rings. The van der Waals surface area contributed by atoms with Gasteiger partial charge in [0.05, 0.1) is 74.9 Å². The Morgan fingerprint density at radius 2 is 0.932 bits per heavy atom. The highest BCUT2D eigenvalue weighted by atomic mass is 16.5. The van der Waals surface area contributed by atoms with Gasteiger partial charge in [0, 0.05) is 75.6 Å². The van der Waals surface area contributed by atoms with E-state index in [2.05, 4.69) is 126 Å². The molecule has 74 heavy (non-hydrogen) atoms. The zero-order valence-electron chi connectivity index (χ0n) is 43.1. The Balaban J connectivity index is 0.936. The fraction of sp³-hybridized carbons (Fsp3) is 0.381. The third-order valence-electron chi connectivity index (χ3n) is 15.3. The number of benzene rings is 6. The summed E-state index contributed by atoms with van der Waals surface area (Å²) >= 11 is 0. The molecule has 11 nitrogen and oxygen atoms in total. The van der Waals surface area contributed by atoms with Crippen LogP contribution in [0, 0.1) is 10.8 Å². The number of hydrogen-bond acceptors (Lipinski definition) is 9. The molecule has 2 aliphatic rings. The summed E-state index contributed by atoms with van der Waals surface area (Å²) in [6.45, 7) is 13.3. The summed E-state index contributed by atoms with van der Waals surface area (Å²) in [6.07, 6.45) is 8.37. The summed E-state index contributed by atoms with van der Waals surface area (Å²) in [7, 11) is 0. The lowest BCUT2D eigenvalue weighted by Gasteiger charge is -2.40. The molecule has 3 aromatic heterocycles. The first-order chi connectivity index (χ1) is 36.5. The number of para-hydroxylation sites is 1. The fourth-order valence-corrected chi connectivity index (χ4v) is 10.5. The van der Waals surface area contributed by atoms with Crippen LogP contribution < -0.4 is 0 Å². The van der Waals surface area contributed by atoms with Crippen LogP contribution in [-0.2, 0) is 41.6 Å². The molecule has 0 saturated carbocycles. The minimum Gasteiger partial charge on any atom is -0.381 e. The second kappa shape index (κ2) is 23.1. The maximum atomic E-state index is 6.40. The first-order valence-electron chi connectivity index (χ1n) is 27.0. The number of aromatic nitrogens is 5. The summed E-state index contributed by atoms with van der Waals surface area (Å²) in [5.41, 5.74) is 9.87. The van der Waals surface area contributed by atoms with Crippen molar-refractivity contribution in [2.75, 3.05) is 66.1 Å². The molecule has 2 aliphatic heterocycles. The maximum absolute atomic E-state index is 6.40. The van der Waals surface area contributed by atoms with Crippen LogP contribution in [0.5, 0.6) is 0 Å². The van der Waals surface area contributed by atoms with Crippen LogP contribution in [0.15, 0.2) is 140 Å². The summed E-state index contributed by atoms with van der Waals surface area (Å²) in [5.74, 6) is 1.77. The predicted molar refractivity (Wildman–Crippen MR) is 295 cm³/mol. The van der Waals surface area contributed by atoms with Crippen LogP contribution >= 0.6 is 0 Å². The van der Waals surface area contributed by atoms with Crippen LogP contribution in [0.2, 0.25) is 0 Å². The van der Waals surface area contributed by atoms with Crippen molar-refractivity contribution in [3.8, 4) is 34.4 Å². The third-order valence-corrected chi connectivity index (χ3v) is 15.3. The molecule has 11 heteroatoms. The highest BCUT2D eigenvalue weighted by molar-refractivity contribution is 6.26. The molecule has 382 valence electrons. The van der Waals surface area contributed by atoms with E-state index in [9.17, 15) is 0 Å². The van der Waals surface area contributed by atoms with Crippen molar-refractivity contribution in [1.29, 1.82) is 0 Å². The van der Waals surface area contributed by atoms with E-state index in [4.69, 9.17) is 43.4 Å². The second-order valence-electron chi connectivity index (χ2n) is 20.6. The summed E-state index contributed by atoms with van der Waals surface area (Å²) < 4.78 is 40.5. The molecule has 0 amide bonds. The monoisotopic (exact) mass is 992 g/mol. The topological polar surface area (TPSA) is 104 Å². The van der Waals surface area contributed by atoms with E-state index in [1.165, 1.54) is 0 Å². The Hall–Kier alpha value is -6.31. The van der Waals surface area contributed by atoms with E-state index in [1.54, 1.807) is 0 Å². The van der Waals surface area contributed by atoms with Crippen LogP contribution in [0.4, 0.5) is 0 Å². The number of ether oxygens (including phenoxy) is 6. The molecule has 0 spiro atoms. The van der Waals surface area contributed by atoms with E-state index in [1.807, 2.05) is 36.4 Å². The molecule has 0 atom stereocenters. The van der Waals surface area contributed by atoms with Gasteiger partial charge in [0.15, 0.2) is 11.6 Å². The minimum absolute atomic E-state index is 0.226. The van der Waals surface area contributed by atoms with E-state index in [-0.39, 0.29) is 10.8 Å². The van der Waals surface area contributed by atoms with Gasteiger partial charge in [-0.1, -0.05) is 111 Å². The zero-order valence-corrected chi connectivity index (χ0v) is 43.1. The number of nitrogens with zero attached hydrogens (tertiary/aromatic N) is 5. The summed E-state index contributed by atoms with van der Waals surface area (Å²) in [5, 5.41) is 4.47. The van der Waals surface area contributed by atoms with Crippen molar-refractivity contribution >= 4 is 43.6 Å². The number of unbranched alkanes of at least 4 members (excludes halogenated alkanes) is 4.